The quantitative estimate of drug-likeness (QED) is 0.254. The van der Waals surface area contributed by atoms with E-state index in [1.54, 1.807) is 30.3 Å². The van der Waals surface area contributed by atoms with Gasteiger partial charge in [0.25, 0.3) is 0 Å². The predicted octanol–water partition coefficient (Wildman–Crippen LogP) is 5.11. The summed E-state index contributed by atoms with van der Waals surface area (Å²) < 4.78 is 12.3. The average molecular weight is 488 g/mol. The highest BCUT2D eigenvalue weighted by Crippen LogP contribution is 2.45. The van der Waals surface area contributed by atoms with Crippen LogP contribution < -0.4 is 9.47 Å². The fourth-order valence-electron chi connectivity index (χ4n) is 3.77. The standard InChI is InChI=1S/C25H26ClNO7/c1-33-17-11-12-19(34-2)18(14-17)22-21(23(30)15-7-9-16(26)10-8-15)24(31)25(32)27(22)13-5-3-4-6-20(28)29/h7-12,14,31-32H,3-6,13H2,1-2H3,(H,28,29). The topological polar surface area (TPSA) is 118 Å². The number of aliphatic carboxylic acids is 1. The molecule has 0 atom stereocenters. The van der Waals surface area contributed by atoms with E-state index >= 15 is 0 Å². The van der Waals surface area contributed by atoms with Crippen molar-refractivity contribution in [3.05, 3.63) is 58.6 Å². The summed E-state index contributed by atoms with van der Waals surface area (Å²) >= 11 is 5.95. The lowest BCUT2D eigenvalue weighted by Gasteiger charge is -2.16. The Labute approximate surface area is 201 Å². The van der Waals surface area contributed by atoms with E-state index in [9.17, 15) is 19.8 Å². The number of benzene rings is 2. The van der Waals surface area contributed by atoms with Gasteiger partial charge < -0.3 is 29.4 Å². The van der Waals surface area contributed by atoms with Gasteiger partial charge in [-0.25, -0.2) is 0 Å². The van der Waals surface area contributed by atoms with Crippen molar-refractivity contribution in [2.24, 2.45) is 0 Å². The summed E-state index contributed by atoms with van der Waals surface area (Å²) in [6, 6.07) is 11.2. The van der Waals surface area contributed by atoms with Gasteiger partial charge in [-0.1, -0.05) is 18.0 Å². The van der Waals surface area contributed by atoms with E-state index in [1.165, 1.54) is 30.9 Å². The van der Waals surface area contributed by atoms with Crippen molar-refractivity contribution in [3.8, 4) is 34.4 Å². The van der Waals surface area contributed by atoms with Crippen LogP contribution in [-0.4, -0.2) is 45.9 Å². The van der Waals surface area contributed by atoms with Gasteiger partial charge in [0.05, 0.1) is 25.5 Å². The summed E-state index contributed by atoms with van der Waals surface area (Å²) in [6.45, 7) is 0.239. The zero-order chi connectivity index (χ0) is 24.8. The van der Waals surface area contributed by atoms with Crippen LogP contribution in [0.15, 0.2) is 42.5 Å². The number of ketones is 1. The Morgan fingerprint density at radius 3 is 2.29 bits per heavy atom. The van der Waals surface area contributed by atoms with Gasteiger partial charge in [-0.15, -0.1) is 0 Å². The van der Waals surface area contributed by atoms with E-state index in [-0.39, 0.29) is 29.8 Å². The van der Waals surface area contributed by atoms with E-state index < -0.39 is 23.4 Å². The third-order valence-corrected chi connectivity index (χ3v) is 5.73. The molecule has 0 fully saturated rings. The molecule has 9 heteroatoms. The number of ether oxygens (including phenoxy) is 2. The van der Waals surface area contributed by atoms with E-state index in [0.717, 1.165) is 0 Å². The first-order chi connectivity index (χ1) is 16.3. The van der Waals surface area contributed by atoms with Gasteiger partial charge >= 0.3 is 5.97 Å². The van der Waals surface area contributed by atoms with Crippen LogP contribution in [0.4, 0.5) is 0 Å². The Morgan fingerprint density at radius 1 is 0.971 bits per heavy atom. The molecule has 3 rings (SSSR count). The predicted molar refractivity (Wildman–Crippen MR) is 127 cm³/mol. The van der Waals surface area contributed by atoms with Crippen molar-refractivity contribution in [1.29, 1.82) is 0 Å². The molecule has 8 nitrogen and oxygen atoms in total. The minimum absolute atomic E-state index is 0.0414. The maximum absolute atomic E-state index is 13.5. The van der Waals surface area contributed by atoms with Crippen LogP contribution in [-0.2, 0) is 11.3 Å². The molecule has 180 valence electrons. The van der Waals surface area contributed by atoms with Crippen molar-refractivity contribution in [2.75, 3.05) is 14.2 Å². The summed E-state index contributed by atoms with van der Waals surface area (Å²) in [7, 11) is 2.98. The Hall–Kier alpha value is -3.65. The number of carboxylic acids is 1. The third-order valence-electron chi connectivity index (χ3n) is 5.48. The first-order valence-corrected chi connectivity index (χ1v) is 11.0. The molecule has 0 radical (unpaired) electrons. The van der Waals surface area contributed by atoms with Gasteiger partial charge in [0.1, 0.15) is 11.5 Å². The summed E-state index contributed by atoms with van der Waals surface area (Å²) in [6.07, 6.45) is 1.61. The van der Waals surface area contributed by atoms with Gasteiger partial charge in [-0.3, -0.25) is 9.59 Å². The number of hydrogen-bond acceptors (Lipinski definition) is 6. The second-order valence-electron chi connectivity index (χ2n) is 7.65. The Bertz CT molecular complexity index is 1180. The zero-order valence-corrected chi connectivity index (χ0v) is 19.6. The van der Waals surface area contributed by atoms with Gasteiger partial charge in [-0.2, -0.15) is 0 Å². The first kappa shape index (κ1) is 25.0. The fraction of sp³-hybridized carbons (Fsp3) is 0.280. The normalized spacial score (nSPS) is 10.8. The second kappa shape index (κ2) is 11.0. The van der Waals surface area contributed by atoms with E-state index in [0.29, 0.717) is 41.3 Å². The maximum atomic E-state index is 13.5. The first-order valence-electron chi connectivity index (χ1n) is 10.7. The largest absolute Gasteiger partial charge is 0.503 e. The second-order valence-corrected chi connectivity index (χ2v) is 8.09. The highest BCUT2D eigenvalue weighted by Gasteiger charge is 2.30. The zero-order valence-electron chi connectivity index (χ0n) is 18.9. The summed E-state index contributed by atoms with van der Waals surface area (Å²) in [5.41, 5.74) is 0.905. The van der Waals surface area contributed by atoms with Crippen LogP contribution in [0.1, 0.15) is 41.6 Å². The molecule has 0 saturated carbocycles. The number of carbonyl (C=O) groups excluding carboxylic acids is 1. The molecule has 3 aromatic rings. The molecule has 34 heavy (non-hydrogen) atoms. The lowest BCUT2D eigenvalue weighted by molar-refractivity contribution is -0.137. The van der Waals surface area contributed by atoms with Gasteiger partial charge in [-0.05, 0) is 55.3 Å². The van der Waals surface area contributed by atoms with Crippen LogP contribution >= 0.6 is 11.6 Å². The summed E-state index contributed by atoms with van der Waals surface area (Å²) in [5, 5.41) is 31.0. The Morgan fingerprint density at radius 2 is 1.68 bits per heavy atom. The number of carboxylic acid groups (broad SMARTS) is 1. The van der Waals surface area contributed by atoms with Gasteiger partial charge in [0, 0.05) is 29.1 Å². The molecule has 1 heterocycles. The van der Waals surface area contributed by atoms with Gasteiger partial charge in [0.15, 0.2) is 11.5 Å². The van der Waals surface area contributed by atoms with Crippen LogP contribution in [0.25, 0.3) is 11.3 Å². The molecule has 0 amide bonds. The smallest absolute Gasteiger partial charge is 0.303 e. The lowest BCUT2D eigenvalue weighted by Crippen LogP contribution is -2.07. The fourth-order valence-corrected chi connectivity index (χ4v) is 3.90. The average Bonchev–Trinajstić information content (AvgIpc) is 3.08. The molecule has 0 spiro atoms. The van der Waals surface area contributed by atoms with Crippen LogP contribution in [0.2, 0.25) is 5.02 Å². The number of halogens is 1. The number of aromatic hydroxyl groups is 2. The molecule has 0 aliphatic rings. The van der Waals surface area contributed by atoms with Crippen molar-refractivity contribution in [3.63, 3.8) is 0 Å². The van der Waals surface area contributed by atoms with Crippen molar-refractivity contribution in [2.45, 2.75) is 32.2 Å². The van der Waals surface area contributed by atoms with E-state index in [4.69, 9.17) is 26.2 Å². The molecule has 2 aromatic carbocycles. The molecule has 0 unspecified atom stereocenters. The molecule has 0 aliphatic carbocycles. The summed E-state index contributed by atoms with van der Waals surface area (Å²) in [4.78, 5) is 24.3. The van der Waals surface area contributed by atoms with Gasteiger partial charge in [0.2, 0.25) is 5.88 Å². The van der Waals surface area contributed by atoms with Crippen LogP contribution in [0.3, 0.4) is 0 Å². The number of aromatic nitrogens is 1. The minimum Gasteiger partial charge on any atom is -0.503 e. The number of unbranched alkanes of at least 4 members (excludes halogenated alkanes) is 2. The van der Waals surface area contributed by atoms with Crippen molar-refractivity contribution >= 4 is 23.4 Å². The third kappa shape index (κ3) is 5.28. The molecule has 0 saturated heterocycles. The monoisotopic (exact) mass is 487 g/mol. The number of rotatable bonds is 11. The maximum Gasteiger partial charge on any atom is 0.303 e. The molecular weight excluding hydrogens is 462 g/mol. The molecule has 0 aliphatic heterocycles. The molecule has 3 N–H and O–H groups in total. The minimum atomic E-state index is -0.876. The van der Waals surface area contributed by atoms with Crippen LogP contribution in [0, 0.1) is 0 Å². The lowest BCUT2D eigenvalue weighted by atomic mass is 9.98. The highest BCUT2D eigenvalue weighted by atomic mass is 35.5. The van der Waals surface area contributed by atoms with E-state index in [2.05, 4.69) is 0 Å². The number of nitrogens with zero attached hydrogens (tertiary/aromatic N) is 1. The number of hydrogen-bond donors (Lipinski definition) is 3. The number of carbonyl (C=O) groups is 2. The summed E-state index contributed by atoms with van der Waals surface area (Å²) in [5.74, 6) is -1.49. The highest BCUT2D eigenvalue weighted by molar-refractivity contribution is 6.30. The Kier molecular flexibility index (Phi) is 8.07. The van der Waals surface area contributed by atoms with Crippen LogP contribution in [0.5, 0.6) is 23.1 Å². The number of methoxy groups -OCH3 is 2. The SMILES string of the molecule is COc1ccc(OC)c(-c2c(C(=O)c3ccc(Cl)cc3)c(O)c(O)n2CCCCCC(=O)O)c1. The molecule has 0 bridgehead atoms. The molecular formula is C25H26ClNO7. The molecule has 1 aromatic heterocycles. The van der Waals surface area contributed by atoms with Crippen molar-refractivity contribution < 1.29 is 34.4 Å². The Balaban J connectivity index is 2.15. The van der Waals surface area contributed by atoms with Crippen molar-refractivity contribution in [1.82, 2.24) is 4.57 Å². The van der Waals surface area contributed by atoms with E-state index in [1.807, 2.05) is 0 Å².